The lowest BCUT2D eigenvalue weighted by Gasteiger charge is -2.31. The summed E-state index contributed by atoms with van der Waals surface area (Å²) in [4.78, 5) is 24.2. The van der Waals surface area contributed by atoms with Gasteiger partial charge in [0.2, 0.25) is 5.28 Å². The maximum absolute atomic E-state index is 11.7. The zero-order chi connectivity index (χ0) is 16.4. The van der Waals surface area contributed by atoms with Crippen molar-refractivity contribution in [3.63, 3.8) is 0 Å². The summed E-state index contributed by atoms with van der Waals surface area (Å²) in [6, 6.07) is 2.34. The van der Waals surface area contributed by atoms with Gasteiger partial charge in [-0.3, -0.25) is 0 Å². The van der Waals surface area contributed by atoms with Crippen molar-refractivity contribution in [2.75, 3.05) is 25.0 Å². The molecule has 0 atom stereocenters. The molecular weight excluding hydrogens is 336 g/mol. The Morgan fingerprint density at radius 1 is 1.48 bits per heavy atom. The lowest BCUT2D eigenvalue weighted by atomic mass is 10.1. The van der Waals surface area contributed by atoms with Crippen LogP contribution in [0.5, 0.6) is 0 Å². The number of fused-ring (bicyclic) bond motifs is 1. The number of ether oxygens (including phenoxy) is 1. The van der Waals surface area contributed by atoms with Crippen molar-refractivity contribution in [2.45, 2.75) is 32.7 Å². The molecule has 6 nitrogen and oxygen atoms in total. The molecular formula is C15H19ClN4O2S. The highest BCUT2D eigenvalue weighted by atomic mass is 35.5. The Bertz CT molecular complexity index is 713. The molecule has 1 aliphatic heterocycles. The van der Waals surface area contributed by atoms with Crippen LogP contribution < -0.4 is 5.32 Å². The Kier molecular flexibility index (Phi) is 4.87. The van der Waals surface area contributed by atoms with Crippen molar-refractivity contribution in [3.05, 3.63) is 16.2 Å². The van der Waals surface area contributed by atoms with E-state index in [0.29, 0.717) is 19.7 Å². The Morgan fingerprint density at radius 3 is 2.91 bits per heavy atom. The highest BCUT2D eigenvalue weighted by Gasteiger charge is 2.24. The number of thiophene rings is 1. The van der Waals surface area contributed by atoms with Gasteiger partial charge in [-0.15, -0.1) is 11.3 Å². The van der Waals surface area contributed by atoms with Gasteiger partial charge in [0.1, 0.15) is 10.6 Å². The first-order valence-corrected chi connectivity index (χ1v) is 8.88. The summed E-state index contributed by atoms with van der Waals surface area (Å²) in [5.74, 6) is 0.777. The number of carbonyl (C=O) groups is 1. The van der Waals surface area contributed by atoms with Crippen molar-refractivity contribution in [3.8, 4) is 0 Å². The first kappa shape index (κ1) is 16.3. The minimum Gasteiger partial charge on any atom is -0.450 e. The van der Waals surface area contributed by atoms with Crippen molar-refractivity contribution < 1.29 is 9.53 Å². The van der Waals surface area contributed by atoms with E-state index in [1.807, 2.05) is 13.8 Å². The van der Waals surface area contributed by atoms with Gasteiger partial charge in [-0.2, -0.15) is 0 Å². The molecule has 3 heterocycles. The van der Waals surface area contributed by atoms with Gasteiger partial charge in [0.05, 0.1) is 12.0 Å². The van der Waals surface area contributed by atoms with Crippen LogP contribution >= 0.6 is 22.9 Å². The molecule has 1 saturated heterocycles. The van der Waals surface area contributed by atoms with Gasteiger partial charge >= 0.3 is 6.09 Å². The number of rotatable bonds is 3. The molecule has 2 aromatic rings. The van der Waals surface area contributed by atoms with Crippen LogP contribution in [0.4, 0.5) is 10.6 Å². The molecule has 0 aromatic carbocycles. The number of aryl methyl sites for hydroxylation is 1. The second-order valence-corrected chi connectivity index (χ2v) is 7.09. The van der Waals surface area contributed by atoms with Crippen LogP contribution in [0.15, 0.2) is 6.07 Å². The van der Waals surface area contributed by atoms with Crippen molar-refractivity contribution in [1.82, 2.24) is 14.9 Å². The first-order chi connectivity index (χ1) is 11.1. The lowest BCUT2D eigenvalue weighted by Crippen LogP contribution is -2.42. The number of nitrogens with one attached hydrogen (secondary N) is 1. The summed E-state index contributed by atoms with van der Waals surface area (Å²) in [6.45, 7) is 5.63. The summed E-state index contributed by atoms with van der Waals surface area (Å²) in [7, 11) is 0. The molecule has 1 fully saturated rings. The monoisotopic (exact) mass is 354 g/mol. The number of nitrogens with zero attached hydrogens (tertiary/aromatic N) is 3. The lowest BCUT2D eigenvalue weighted by molar-refractivity contribution is 0.0983. The van der Waals surface area contributed by atoms with E-state index in [2.05, 4.69) is 21.4 Å². The second-order valence-electron chi connectivity index (χ2n) is 5.52. The van der Waals surface area contributed by atoms with Gasteiger partial charge in [0.15, 0.2) is 0 Å². The average Bonchev–Trinajstić information content (AvgIpc) is 2.88. The third kappa shape index (κ3) is 3.67. The van der Waals surface area contributed by atoms with Gasteiger partial charge in [-0.05, 0) is 44.4 Å². The van der Waals surface area contributed by atoms with E-state index in [1.54, 1.807) is 16.2 Å². The zero-order valence-electron chi connectivity index (χ0n) is 13.1. The Labute approximate surface area is 143 Å². The standard InChI is InChI=1S/C15H19ClN4O2S/c1-3-22-15(21)20-6-4-10(5-7-20)17-12-11-8-9(2)23-13(11)19-14(16)18-12/h8,10H,3-7H2,1-2H3,(H,17,18,19). The molecule has 1 amide bonds. The van der Waals surface area contributed by atoms with Crippen LogP contribution in [0.1, 0.15) is 24.6 Å². The number of anilines is 1. The quantitative estimate of drug-likeness (QED) is 0.851. The number of hydrogen-bond acceptors (Lipinski definition) is 6. The Hall–Kier alpha value is -1.60. The Morgan fingerprint density at radius 2 is 2.22 bits per heavy atom. The van der Waals surface area contributed by atoms with Gasteiger partial charge in [-0.25, -0.2) is 14.8 Å². The van der Waals surface area contributed by atoms with Crippen LogP contribution in [-0.2, 0) is 4.74 Å². The fourth-order valence-electron chi connectivity index (χ4n) is 2.74. The number of likely N-dealkylation sites (tertiary alicyclic amines) is 1. The molecule has 0 aliphatic carbocycles. The summed E-state index contributed by atoms with van der Waals surface area (Å²) in [5.41, 5.74) is 0. The number of amides is 1. The summed E-state index contributed by atoms with van der Waals surface area (Å²) >= 11 is 7.63. The van der Waals surface area contributed by atoms with Crippen LogP contribution in [0.2, 0.25) is 5.28 Å². The SMILES string of the molecule is CCOC(=O)N1CCC(Nc2nc(Cl)nc3sc(C)cc23)CC1. The molecule has 0 unspecified atom stereocenters. The van der Waals surface area contributed by atoms with E-state index in [0.717, 1.165) is 28.9 Å². The van der Waals surface area contributed by atoms with E-state index in [4.69, 9.17) is 16.3 Å². The second kappa shape index (κ2) is 6.88. The minimum atomic E-state index is -0.230. The number of carbonyl (C=O) groups excluding carboxylic acids is 1. The summed E-state index contributed by atoms with van der Waals surface area (Å²) < 4.78 is 5.04. The van der Waals surface area contributed by atoms with Gasteiger partial charge in [-0.1, -0.05) is 0 Å². The Balaban J connectivity index is 1.68. The maximum atomic E-state index is 11.7. The number of piperidine rings is 1. The number of aromatic nitrogens is 2. The summed E-state index contributed by atoms with van der Waals surface area (Å²) in [5, 5.41) is 4.72. The third-order valence-electron chi connectivity index (χ3n) is 3.85. The van der Waals surface area contributed by atoms with Crippen molar-refractivity contribution in [2.24, 2.45) is 0 Å². The third-order valence-corrected chi connectivity index (χ3v) is 4.96. The highest BCUT2D eigenvalue weighted by molar-refractivity contribution is 7.18. The normalized spacial score (nSPS) is 15.9. The largest absolute Gasteiger partial charge is 0.450 e. The molecule has 124 valence electrons. The molecule has 8 heteroatoms. The molecule has 0 radical (unpaired) electrons. The van der Waals surface area contributed by atoms with Crippen LogP contribution in [0.3, 0.4) is 0 Å². The average molecular weight is 355 g/mol. The highest BCUT2D eigenvalue weighted by Crippen LogP contribution is 2.30. The molecule has 23 heavy (non-hydrogen) atoms. The zero-order valence-corrected chi connectivity index (χ0v) is 14.7. The topological polar surface area (TPSA) is 67.3 Å². The van der Waals surface area contributed by atoms with Gasteiger partial charge in [0.25, 0.3) is 0 Å². The smallest absolute Gasteiger partial charge is 0.409 e. The predicted octanol–water partition coefficient (Wildman–Crippen LogP) is 3.69. The van der Waals surface area contributed by atoms with Gasteiger partial charge < -0.3 is 15.0 Å². The minimum absolute atomic E-state index is 0.230. The molecule has 0 spiro atoms. The van der Waals surface area contributed by atoms with E-state index in [9.17, 15) is 4.79 Å². The van der Waals surface area contributed by atoms with Crippen LogP contribution in [-0.4, -0.2) is 46.7 Å². The van der Waals surface area contributed by atoms with Crippen molar-refractivity contribution >= 4 is 45.1 Å². The van der Waals surface area contributed by atoms with E-state index >= 15 is 0 Å². The van der Waals surface area contributed by atoms with Crippen LogP contribution in [0.25, 0.3) is 10.2 Å². The number of hydrogen-bond donors (Lipinski definition) is 1. The summed E-state index contributed by atoms with van der Waals surface area (Å²) in [6.07, 6.45) is 1.47. The molecule has 0 bridgehead atoms. The first-order valence-electron chi connectivity index (χ1n) is 7.68. The molecule has 3 rings (SSSR count). The van der Waals surface area contributed by atoms with E-state index in [-0.39, 0.29) is 17.4 Å². The van der Waals surface area contributed by atoms with E-state index < -0.39 is 0 Å². The fraction of sp³-hybridized carbons (Fsp3) is 0.533. The molecule has 1 aliphatic rings. The maximum Gasteiger partial charge on any atom is 0.409 e. The molecule has 2 aromatic heterocycles. The van der Waals surface area contributed by atoms with E-state index in [1.165, 1.54) is 4.88 Å². The van der Waals surface area contributed by atoms with Crippen LogP contribution in [0, 0.1) is 6.92 Å². The molecule has 1 N–H and O–H groups in total. The predicted molar refractivity (Wildman–Crippen MR) is 92.4 cm³/mol. The van der Waals surface area contributed by atoms with Crippen molar-refractivity contribution in [1.29, 1.82) is 0 Å². The van der Waals surface area contributed by atoms with Gasteiger partial charge in [0, 0.05) is 24.0 Å². The fourth-order valence-corrected chi connectivity index (χ4v) is 3.84. The number of halogens is 1. The molecule has 0 saturated carbocycles.